The van der Waals surface area contributed by atoms with Crippen LogP contribution in [-0.4, -0.2) is 17.2 Å². The Balaban J connectivity index is 1.79. The summed E-state index contributed by atoms with van der Waals surface area (Å²) in [5, 5.41) is 3.22. The van der Waals surface area contributed by atoms with Crippen LogP contribution in [0.4, 0.5) is 0 Å². The van der Waals surface area contributed by atoms with E-state index >= 15 is 0 Å². The van der Waals surface area contributed by atoms with E-state index in [1.54, 1.807) is 0 Å². The third-order valence-electron chi connectivity index (χ3n) is 4.67. The molecule has 0 radical (unpaired) electrons. The number of hydrogen-bond donors (Lipinski definition) is 0. The van der Waals surface area contributed by atoms with Gasteiger partial charge in [-0.1, -0.05) is 24.3 Å². The highest BCUT2D eigenvalue weighted by molar-refractivity contribution is 5.11. The van der Waals surface area contributed by atoms with Crippen molar-refractivity contribution in [2.45, 2.75) is 70.6 Å². The van der Waals surface area contributed by atoms with Crippen molar-refractivity contribution < 1.29 is 4.74 Å². The molecule has 4 atom stereocenters. The molecule has 2 rings (SSSR count). The van der Waals surface area contributed by atoms with Crippen LogP contribution in [0.1, 0.15) is 53.4 Å². The molecular weight excluding hydrogens is 226 g/mol. The molecule has 0 aromatic rings. The van der Waals surface area contributed by atoms with E-state index < -0.39 is 5.54 Å². The Kier molecular flexibility index (Phi) is 3.63. The Morgan fingerprint density at radius 2 is 2.11 bits per heavy atom. The zero-order valence-electron chi connectivity index (χ0n) is 12.0. The van der Waals surface area contributed by atoms with Gasteiger partial charge in [-0.2, -0.15) is 0 Å². The van der Waals surface area contributed by atoms with Gasteiger partial charge in [-0.05, 0) is 58.3 Å². The third kappa shape index (κ3) is 3.00. The molecule has 1 fully saturated rings. The summed E-state index contributed by atoms with van der Waals surface area (Å²) in [6, 6.07) is 0. The van der Waals surface area contributed by atoms with Gasteiger partial charge in [0.25, 0.3) is 0 Å². The molecule has 1 saturated heterocycles. The maximum Gasteiger partial charge on any atom is 0.118 e. The molecule has 102 valence electrons. The normalized spacial score (nSPS) is 39.3. The number of epoxide rings is 1. The molecule has 0 aromatic heterocycles. The van der Waals surface area contributed by atoms with E-state index in [-0.39, 0.29) is 5.60 Å². The first-order valence-electron chi connectivity index (χ1n) is 7.08. The molecule has 0 aromatic carbocycles. The average Bonchev–Trinajstić information content (AvgIpc) is 2.95. The molecule has 0 amide bonds. The van der Waals surface area contributed by atoms with Crippen molar-refractivity contribution in [1.82, 2.24) is 0 Å². The van der Waals surface area contributed by atoms with Crippen molar-refractivity contribution in [3.05, 3.63) is 17.1 Å². The molecule has 1 aliphatic heterocycles. The first kappa shape index (κ1) is 13.7. The quantitative estimate of drug-likeness (QED) is 0.420. The van der Waals surface area contributed by atoms with Gasteiger partial charge in [0.1, 0.15) is 5.54 Å². The van der Waals surface area contributed by atoms with Gasteiger partial charge in [0.2, 0.25) is 0 Å². The summed E-state index contributed by atoms with van der Waals surface area (Å²) in [7, 11) is 0. The average molecular weight is 251 g/mol. The molecule has 0 bridgehead atoms. The summed E-state index contributed by atoms with van der Waals surface area (Å²) >= 11 is 0. The first-order valence-corrected chi connectivity index (χ1v) is 7.08. The van der Waals surface area contributed by atoms with Gasteiger partial charge >= 0.3 is 0 Å². The maximum absolute atomic E-state index is 10.7. The summed E-state index contributed by atoms with van der Waals surface area (Å²) < 4.78 is 5.62. The minimum absolute atomic E-state index is 0.113. The van der Waals surface area contributed by atoms with E-state index in [1.807, 2.05) is 13.0 Å². The first-order chi connectivity index (χ1) is 8.36. The molecule has 18 heavy (non-hydrogen) atoms. The molecule has 2 aliphatic rings. The van der Waals surface area contributed by atoms with Crippen LogP contribution >= 0.6 is 0 Å². The van der Waals surface area contributed by atoms with E-state index in [0.717, 1.165) is 19.3 Å². The minimum atomic E-state index is -0.461. The highest BCUT2D eigenvalue weighted by Gasteiger charge is 2.47. The summed E-state index contributed by atoms with van der Waals surface area (Å²) in [5.74, 6) is 1.26. The van der Waals surface area contributed by atoms with Crippen molar-refractivity contribution in [3.63, 3.8) is 0 Å². The van der Waals surface area contributed by atoms with Crippen LogP contribution in [0.5, 0.6) is 0 Å². The molecule has 3 nitrogen and oxygen atoms in total. The highest BCUT2D eigenvalue weighted by atomic mass is 16.6. The number of nitrogens with zero attached hydrogens (tertiary/aromatic N) is 1. The number of ether oxygens (including phenoxy) is 1. The minimum Gasteiger partial charge on any atom is -0.367 e. The second-order valence-electron chi connectivity index (χ2n) is 6.77. The fourth-order valence-electron chi connectivity index (χ4n) is 2.89. The molecule has 1 aliphatic carbocycles. The SMILES string of the molecule is C[C@H](CC[C@@H]1OC1(C)C)C1C=C[C@](C)(N=O)CC1. The van der Waals surface area contributed by atoms with Gasteiger partial charge < -0.3 is 4.74 Å². The maximum atomic E-state index is 10.7. The van der Waals surface area contributed by atoms with Gasteiger partial charge in [0.05, 0.1) is 11.7 Å². The standard InChI is InChI=1S/C15H25NO2/c1-11(5-6-13-14(2,3)18-13)12-7-9-15(4,16-17)10-8-12/h7,9,11-13H,5-6,8,10H2,1-4H3/t11-,12?,13+,15+/m1/s1. The van der Waals surface area contributed by atoms with Gasteiger partial charge in [0, 0.05) is 0 Å². The van der Waals surface area contributed by atoms with Crippen molar-refractivity contribution in [2.75, 3.05) is 0 Å². The highest BCUT2D eigenvalue weighted by Crippen LogP contribution is 2.41. The van der Waals surface area contributed by atoms with E-state index in [4.69, 9.17) is 4.74 Å². The summed E-state index contributed by atoms with van der Waals surface area (Å²) in [5.41, 5.74) is -0.347. The monoisotopic (exact) mass is 251 g/mol. The van der Waals surface area contributed by atoms with E-state index in [9.17, 15) is 4.91 Å². The summed E-state index contributed by atoms with van der Waals surface area (Å²) in [4.78, 5) is 10.7. The topological polar surface area (TPSA) is 42.0 Å². The van der Waals surface area contributed by atoms with Crippen LogP contribution in [-0.2, 0) is 4.74 Å². The van der Waals surface area contributed by atoms with Crippen LogP contribution in [0.3, 0.4) is 0 Å². The Hall–Kier alpha value is -0.700. The second-order valence-corrected chi connectivity index (χ2v) is 6.77. The number of rotatable bonds is 5. The molecule has 0 spiro atoms. The predicted molar refractivity (Wildman–Crippen MR) is 73.4 cm³/mol. The Labute approximate surface area is 110 Å². The fraction of sp³-hybridized carbons (Fsp3) is 0.867. The van der Waals surface area contributed by atoms with Crippen LogP contribution in [0, 0.1) is 16.7 Å². The lowest BCUT2D eigenvalue weighted by atomic mass is 9.77. The van der Waals surface area contributed by atoms with Crippen molar-refractivity contribution >= 4 is 0 Å². The fourth-order valence-corrected chi connectivity index (χ4v) is 2.89. The molecular formula is C15H25NO2. The molecule has 0 N–H and O–H groups in total. The Morgan fingerprint density at radius 1 is 1.44 bits per heavy atom. The third-order valence-corrected chi connectivity index (χ3v) is 4.67. The lowest BCUT2D eigenvalue weighted by Crippen LogP contribution is -2.26. The van der Waals surface area contributed by atoms with Crippen LogP contribution in [0.15, 0.2) is 17.3 Å². The summed E-state index contributed by atoms with van der Waals surface area (Å²) in [6.45, 7) is 8.54. The summed E-state index contributed by atoms with van der Waals surface area (Å²) in [6.07, 6.45) is 8.98. The van der Waals surface area contributed by atoms with Crippen molar-refractivity contribution in [1.29, 1.82) is 0 Å². The van der Waals surface area contributed by atoms with Gasteiger partial charge in [-0.25, -0.2) is 0 Å². The molecule has 0 saturated carbocycles. The van der Waals surface area contributed by atoms with E-state index in [1.165, 1.54) is 6.42 Å². The Morgan fingerprint density at radius 3 is 2.56 bits per heavy atom. The number of allylic oxidation sites excluding steroid dienone is 1. The lowest BCUT2D eigenvalue weighted by Gasteiger charge is -2.29. The zero-order valence-corrected chi connectivity index (χ0v) is 12.0. The zero-order chi connectivity index (χ0) is 13.4. The molecule has 1 unspecified atom stereocenters. The molecule has 3 heteroatoms. The van der Waals surface area contributed by atoms with Crippen molar-refractivity contribution in [3.8, 4) is 0 Å². The molecule has 1 heterocycles. The largest absolute Gasteiger partial charge is 0.367 e. The lowest BCUT2D eigenvalue weighted by molar-refractivity contribution is 0.292. The second kappa shape index (κ2) is 4.76. The predicted octanol–water partition coefficient (Wildman–Crippen LogP) is 4.07. The van der Waals surface area contributed by atoms with Crippen molar-refractivity contribution in [2.24, 2.45) is 17.0 Å². The van der Waals surface area contributed by atoms with Crippen LogP contribution < -0.4 is 0 Å². The van der Waals surface area contributed by atoms with Gasteiger partial charge in [-0.15, -0.1) is 4.91 Å². The van der Waals surface area contributed by atoms with Crippen LogP contribution in [0.25, 0.3) is 0 Å². The smallest absolute Gasteiger partial charge is 0.118 e. The number of nitroso groups, excluding NO2 is 1. The number of hydrogen-bond acceptors (Lipinski definition) is 3. The van der Waals surface area contributed by atoms with E-state index in [2.05, 4.69) is 32.0 Å². The van der Waals surface area contributed by atoms with Crippen LogP contribution in [0.2, 0.25) is 0 Å². The van der Waals surface area contributed by atoms with E-state index in [0.29, 0.717) is 17.9 Å². The van der Waals surface area contributed by atoms with Gasteiger partial charge in [0.15, 0.2) is 0 Å². The van der Waals surface area contributed by atoms with Gasteiger partial charge in [-0.3, -0.25) is 0 Å². The Bertz CT molecular complexity index is 350.